The lowest BCUT2D eigenvalue weighted by molar-refractivity contribution is -0.137. The van der Waals surface area contributed by atoms with Crippen molar-refractivity contribution in [2.45, 2.75) is 51.5 Å². The van der Waals surface area contributed by atoms with Gasteiger partial charge in [0.15, 0.2) is 0 Å². The molecule has 0 N–H and O–H groups in total. The van der Waals surface area contributed by atoms with E-state index in [1.165, 1.54) is 50.8 Å². The summed E-state index contributed by atoms with van der Waals surface area (Å²) >= 11 is 5.99. The summed E-state index contributed by atoms with van der Waals surface area (Å²) in [5, 5.41) is 0.812. The Morgan fingerprint density at radius 1 is 0.923 bits per heavy atom. The van der Waals surface area contributed by atoms with Gasteiger partial charge in [-0.25, -0.2) is 0 Å². The third-order valence-corrected chi connectivity index (χ3v) is 7.10. The number of hydrogen-bond donors (Lipinski definition) is 0. The largest absolute Gasteiger partial charge is 0.342 e. The van der Waals surface area contributed by atoms with Crippen molar-refractivity contribution in [2.24, 2.45) is 17.8 Å². The van der Waals surface area contributed by atoms with E-state index in [-0.39, 0.29) is 0 Å². The third kappa shape index (κ3) is 4.26. The highest BCUT2D eigenvalue weighted by atomic mass is 35.5. The van der Waals surface area contributed by atoms with Crippen molar-refractivity contribution in [3.05, 3.63) is 34.9 Å². The highest BCUT2D eigenvalue weighted by Gasteiger charge is 2.34. The number of amides is 1. The molecular formula is C22H31ClN2O. The van der Waals surface area contributed by atoms with Gasteiger partial charge in [-0.05, 0) is 68.2 Å². The zero-order valence-corrected chi connectivity index (χ0v) is 16.5. The molecule has 26 heavy (non-hydrogen) atoms. The van der Waals surface area contributed by atoms with Crippen LogP contribution in [0, 0.1) is 17.8 Å². The van der Waals surface area contributed by atoms with Gasteiger partial charge in [0.25, 0.3) is 0 Å². The average molecular weight is 375 g/mol. The Hall–Kier alpha value is -1.06. The molecule has 0 radical (unpaired) electrons. The Kier molecular flexibility index (Phi) is 5.85. The van der Waals surface area contributed by atoms with E-state index in [1.807, 2.05) is 12.1 Å². The molecule has 0 aromatic heterocycles. The highest BCUT2D eigenvalue weighted by Crippen LogP contribution is 2.34. The summed E-state index contributed by atoms with van der Waals surface area (Å²) in [7, 11) is 0. The van der Waals surface area contributed by atoms with Gasteiger partial charge in [0.05, 0.1) is 0 Å². The lowest BCUT2D eigenvalue weighted by Crippen LogP contribution is -2.42. The number of nitrogens with zero attached hydrogens (tertiary/aromatic N) is 2. The number of piperidine rings is 1. The number of hydrogen-bond acceptors (Lipinski definition) is 2. The summed E-state index contributed by atoms with van der Waals surface area (Å²) < 4.78 is 0. The van der Waals surface area contributed by atoms with Gasteiger partial charge >= 0.3 is 0 Å². The van der Waals surface area contributed by atoms with Crippen LogP contribution in [-0.2, 0) is 11.3 Å². The zero-order chi connectivity index (χ0) is 17.9. The van der Waals surface area contributed by atoms with Crippen LogP contribution in [-0.4, -0.2) is 41.9 Å². The van der Waals surface area contributed by atoms with E-state index in [0.717, 1.165) is 49.3 Å². The molecule has 4 heteroatoms. The van der Waals surface area contributed by atoms with Crippen molar-refractivity contribution in [2.75, 3.05) is 26.2 Å². The lowest BCUT2D eigenvalue weighted by Gasteiger charge is -2.36. The Morgan fingerprint density at radius 3 is 2.27 bits per heavy atom. The van der Waals surface area contributed by atoms with E-state index in [0.29, 0.717) is 11.8 Å². The van der Waals surface area contributed by atoms with Crippen molar-refractivity contribution in [3.63, 3.8) is 0 Å². The zero-order valence-electron chi connectivity index (χ0n) is 15.7. The standard InChI is InChI=1S/C22H31ClN2O/c23-21-7-5-17(6-8-21)15-24-12-9-20(16-24)18-10-13-25(14-11-18)22(26)19-3-1-2-4-19/h5-8,18-20H,1-4,9-16H2/t20-/m1/s1. The van der Waals surface area contributed by atoms with Gasteiger partial charge in [-0.15, -0.1) is 0 Å². The van der Waals surface area contributed by atoms with Gasteiger partial charge in [0.2, 0.25) is 5.91 Å². The molecule has 2 aliphatic heterocycles. The van der Waals surface area contributed by atoms with E-state index in [2.05, 4.69) is 21.9 Å². The van der Waals surface area contributed by atoms with Crippen molar-refractivity contribution >= 4 is 17.5 Å². The maximum Gasteiger partial charge on any atom is 0.225 e. The number of carbonyl (C=O) groups excluding carboxylic acids is 1. The molecule has 1 amide bonds. The molecule has 2 heterocycles. The molecule has 3 nitrogen and oxygen atoms in total. The number of benzene rings is 1. The maximum atomic E-state index is 12.6. The first-order chi connectivity index (χ1) is 12.7. The predicted octanol–water partition coefficient (Wildman–Crippen LogP) is 4.59. The Labute approximate surface area is 162 Å². The van der Waals surface area contributed by atoms with Crippen LogP contribution in [0.4, 0.5) is 0 Å². The molecule has 1 atom stereocenters. The molecule has 142 valence electrons. The summed E-state index contributed by atoms with van der Waals surface area (Å²) in [5.74, 6) is 2.41. The molecule has 0 spiro atoms. The summed E-state index contributed by atoms with van der Waals surface area (Å²) in [5.41, 5.74) is 1.35. The van der Waals surface area contributed by atoms with Crippen LogP contribution in [0.2, 0.25) is 5.02 Å². The summed E-state index contributed by atoms with van der Waals surface area (Å²) in [6.07, 6.45) is 8.48. The van der Waals surface area contributed by atoms with E-state index in [9.17, 15) is 4.79 Å². The average Bonchev–Trinajstić information content (AvgIpc) is 3.35. The van der Waals surface area contributed by atoms with Gasteiger partial charge in [-0.3, -0.25) is 9.69 Å². The van der Waals surface area contributed by atoms with Crippen molar-refractivity contribution in [1.82, 2.24) is 9.80 Å². The molecule has 1 saturated carbocycles. The van der Waals surface area contributed by atoms with Crippen molar-refractivity contribution in [3.8, 4) is 0 Å². The van der Waals surface area contributed by atoms with Gasteiger partial charge in [-0.2, -0.15) is 0 Å². The van der Waals surface area contributed by atoms with E-state index in [4.69, 9.17) is 11.6 Å². The second-order valence-electron chi connectivity index (χ2n) is 8.55. The molecule has 3 fully saturated rings. The fraction of sp³-hybridized carbons (Fsp3) is 0.682. The molecule has 2 saturated heterocycles. The topological polar surface area (TPSA) is 23.6 Å². The maximum absolute atomic E-state index is 12.6. The Morgan fingerprint density at radius 2 is 1.58 bits per heavy atom. The number of carbonyl (C=O) groups is 1. The quantitative estimate of drug-likeness (QED) is 0.769. The Balaban J connectivity index is 1.23. The van der Waals surface area contributed by atoms with Gasteiger partial charge in [-0.1, -0.05) is 36.6 Å². The smallest absolute Gasteiger partial charge is 0.225 e. The molecule has 3 aliphatic rings. The van der Waals surface area contributed by atoms with E-state index >= 15 is 0 Å². The first-order valence-electron chi connectivity index (χ1n) is 10.4. The monoisotopic (exact) mass is 374 g/mol. The van der Waals surface area contributed by atoms with E-state index in [1.54, 1.807) is 0 Å². The molecule has 0 bridgehead atoms. The molecular weight excluding hydrogens is 344 g/mol. The van der Waals surface area contributed by atoms with Crippen molar-refractivity contribution < 1.29 is 4.79 Å². The van der Waals surface area contributed by atoms with Crippen LogP contribution in [0.5, 0.6) is 0 Å². The number of likely N-dealkylation sites (tertiary alicyclic amines) is 2. The predicted molar refractivity (Wildman–Crippen MR) is 106 cm³/mol. The molecule has 1 aromatic carbocycles. The minimum atomic E-state index is 0.341. The van der Waals surface area contributed by atoms with Crippen LogP contribution < -0.4 is 0 Å². The van der Waals surface area contributed by atoms with Crippen LogP contribution in [0.3, 0.4) is 0 Å². The minimum Gasteiger partial charge on any atom is -0.342 e. The van der Waals surface area contributed by atoms with Gasteiger partial charge < -0.3 is 4.90 Å². The third-order valence-electron chi connectivity index (χ3n) is 6.85. The fourth-order valence-corrected chi connectivity index (χ4v) is 5.39. The van der Waals surface area contributed by atoms with Crippen molar-refractivity contribution in [1.29, 1.82) is 0 Å². The van der Waals surface area contributed by atoms with Gasteiger partial charge in [0, 0.05) is 37.1 Å². The molecule has 0 unspecified atom stereocenters. The number of halogens is 1. The van der Waals surface area contributed by atoms with Gasteiger partial charge in [0.1, 0.15) is 0 Å². The summed E-state index contributed by atoms with van der Waals surface area (Å²) in [6.45, 7) is 5.44. The molecule has 4 rings (SSSR count). The second-order valence-corrected chi connectivity index (χ2v) is 8.99. The first kappa shape index (κ1) is 18.3. The second kappa shape index (κ2) is 8.31. The van der Waals surface area contributed by atoms with E-state index < -0.39 is 0 Å². The molecule has 1 aromatic rings. The lowest BCUT2D eigenvalue weighted by atomic mass is 9.83. The number of rotatable bonds is 4. The Bertz CT molecular complexity index is 603. The minimum absolute atomic E-state index is 0.341. The SMILES string of the molecule is O=C(C1CCCC1)N1CCC([C@@H]2CCN(Cc3ccc(Cl)cc3)C2)CC1. The fourth-order valence-electron chi connectivity index (χ4n) is 5.26. The van der Waals surface area contributed by atoms with Crippen LogP contribution in [0.25, 0.3) is 0 Å². The highest BCUT2D eigenvalue weighted by molar-refractivity contribution is 6.30. The normalized spacial score (nSPS) is 25.9. The summed E-state index contributed by atoms with van der Waals surface area (Å²) in [4.78, 5) is 17.4. The van der Waals surface area contributed by atoms with Crippen LogP contribution in [0.1, 0.15) is 50.5 Å². The summed E-state index contributed by atoms with van der Waals surface area (Å²) in [6, 6.07) is 8.26. The first-order valence-corrected chi connectivity index (χ1v) is 10.8. The van der Waals surface area contributed by atoms with Crippen LogP contribution in [0.15, 0.2) is 24.3 Å². The van der Waals surface area contributed by atoms with Crippen LogP contribution >= 0.6 is 11.6 Å². The molecule has 1 aliphatic carbocycles.